The highest BCUT2D eigenvalue weighted by Crippen LogP contribution is 2.31. The van der Waals surface area contributed by atoms with Crippen LogP contribution in [0, 0.1) is 11.6 Å². The first-order valence-electron chi connectivity index (χ1n) is 16.8. The fourth-order valence-corrected chi connectivity index (χ4v) is 6.76. The van der Waals surface area contributed by atoms with Crippen LogP contribution in [-0.4, -0.2) is 107 Å². The Morgan fingerprint density at radius 1 is 0.980 bits per heavy atom. The van der Waals surface area contributed by atoms with Crippen molar-refractivity contribution in [3.63, 3.8) is 0 Å². The summed E-state index contributed by atoms with van der Waals surface area (Å²) in [4.78, 5) is 20.3. The molecule has 50 heavy (non-hydrogen) atoms. The van der Waals surface area contributed by atoms with Gasteiger partial charge in [-0.15, -0.1) is 0 Å². The van der Waals surface area contributed by atoms with E-state index in [-0.39, 0.29) is 37.0 Å². The molecule has 5 N–H and O–H groups in total. The van der Waals surface area contributed by atoms with E-state index in [0.717, 1.165) is 38.4 Å². The summed E-state index contributed by atoms with van der Waals surface area (Å²) in [6.07, 6.45) is -4.22. The van der Waals surface area contributed by atoms with Crippen LogP contribution >= 0.6 is 0 Å². The van der Waals surface area contributed by atoms with Crippen LogP contribution in [0.25, 0.3) is 6.08 Å². The van der Waals surface area contributed by atoms with E-state index in [1.54, 1.807) is 19.1 Å². The topological polar surface area (TPSA) is 172 Å². The van der Waals surface area contributed by atoms with E-state index >= 15 is 4.39 Å². The van der Waals surface area contributed by atoms with Crippen LogP contribution in [0.5, 0.6) is 5.75 Å². The van der Waals surface area contributed by atoms with E-state index in [4.69, 9.17) is 23.8 Å². The summed E-state index contributed by atoms with van der Waals surface area (Å²) in [5, 5.41) is 48.5. The average Bonchev–Trinajstić information content (AvgIpc) is 3.74. The van der Waals surface area contributed by atoms with Gasteiger partial charge in [-0.3, -0.25) is 4.79 Å². The van der Waals surface area contributed by atoms with Crippen molar-refractivity contribution >= 4 is 23.4 Å². The Morgan fingerprint density at radius 2 is 1.72 bits per heavy atom. The van der Waals surface area contributed by atoms with Crippen molar-refractivity contribution in [3.8, 4) is 5.75 Å². The molecule has 1 aliphatic carbocycles. The number of oxime groups is 1. The normalized spacial score (nSPS) is 31.8. The number of aliphatic hydroxyl groups excluding tert-OH is 4. The van der Waals surface area contributed by atoms with Crippen LogP contribution in [-0.2, 0) is 30.4 Å². The zero-order valence-electron chi connectivity index (χ0n) is 27.8. The minimum Gasteiger partial charge on any atom is -0.462 e. The Balaban J connectivity index is 1.00. The third-order valence-corrected chi connectivity index (χ3v) is 9.50. The van der Waals surface area contributed by atoms with Crippen LogP contribution in [0.2, 0.25) is 0 Å². The SMILES string of the molecule is CC(=Cc1ccc(O[C@H]2C[C@@H](O)[C@@H](C(C)=NOCc3ccc(N4CCCCC4)c(F)c3)O2)c(F)c1)C(=O)N[C@@H]1[C@H](O)[C@@H](O)[C@H]2OCO[C@H]2[C@@H]1O. The number of piperidine rings is 1. The molecule has 2 aromatic rings. The molecule has 2 aromatic carbocycles. The Morgan fingerprint density at radius 3 is 2.44 bits per heavy atom. The van der Waals surface area contributed by atoms with Crippen molar-refractivity contribution in [2.75, 3.05) is 24.8 Å². The number of nitrogens with one attached hydrogen (secondary N) is 1. The number of anilines is 1. The van der Waals surface area contributed by atoms with Crippen molar-refractivity contribution in [2.45, 2.75) is 101 Å². The van der Waals surface area contributed by atoms with Gasteiger partial charge in [0, 0.05) is 25.1 Å². The molecular weight excluding hydrogens is 660 g/mol. The zero-order chi connectivity index (χ0) is 35.5. The number of carbonyl (C=O) groups is 1. The molecule has 6 rings (SSSR count). The first-order valence-corrected chi connectivity index (χ1v) is 16.8. The number of carbonyl (C=O) groups excluding carboxylic acids is 1. The van der Waals surface area contributed by atoms with Gasteiger partial charge in [0.25, 0.3) is 0 Å². The van der Waals surface area contributed by atoms with Gasteiger partial charge in [0.05, 0.1) is 23.5 Å². The van der Waals surface area contributed by atoms with Gasteiger partial charge in [0.2, 0.25) is 12.2 Å². The van der Waals surface area contributed by atoms with Crippen LogP contribution in [0.15, 0.2) is 47.1 Å². The summed E-state index contributed by atoms with van der Waals surface area (Å²) in [5.74, 6) is -1.85. The number of hydrogen-bond acceptors (Lipinski definition) is 12. The van der Waals surface area contributed by atoms with Crippen molar-refractivity contribution in [1.82, 2.24) is 5.32 Å². The first-order chi connectivity index (χ1) is 24.0. The molecule has 15 heteroatoms. The highest BCUT2D eigenvalue weighted by atomic mass is 19.1. The lowest BCUT2D eigenvalue weighted by Crippen LogP contribution is -2.67. The molecule has 4 fully saturated rings. The van der Waals surface area contributed by atoms with Gasteiger partial charge in [-0.1, -0.05) is 17.3 Å². The van der Waals surface area contributed by atoms with E-state index in [1.807, 2.05) is 4.90 Å². The number of halogens is 2. The van der Waals surface area contributed by atoms with Gasteiger partial charge in [-0.25, -0.2) is 8.78 Å². The number of rotatable bonds is 10. The molecule has 9 atom stereocenters. The molecule has 13 nitrogen and oxygen atoms in total. The standard InChI is InChI=1S/C35H43F2N3O10/c1-18(35(45)38-28-29(42)31(44)34-33(30(28)43)46-17-47-34)12-20-7-9-26(23(37)13-20)49-27-15-25(41)32(50-27)19(2)39-48-16-21-6-8-24(22(36)14-21)40-10-4-3-5-11-40/h6-9,12-14,25,27-34,41-44H,3-5,10-11,15-17H2,1-2H3,(H,38,45)/t25-,27-,28-,29+,30-,31-,32-,33+,34-/m1/s1. The summed E-state index contributed by atoms with van der Waals surface area (Å²) < 4.78 is 51.8. The Kier molecular flexibility index (Phi) is 11.3. The largest absolute Gasteiger partial charge is 0.462 e. The second kappa shape index (κ2) is 15.7. The number of nitrogens with zero attached hydrogens (tertiary/aromatic N) is 2. The van der Waals surface area contributed by atoms with Crippen molar-refractivity contribution < 1.29 is 57.8 Å². The number of aliphatic hydroxyl groups is 4. The van der Waals surface area contributed by atoms with E-state index in [1.165, 1.54) is 31.2 Å². The second-order valence-electron chi connectivity index (χ2n) is 13.1. The fourth-order valence-electron chi connectivity index (χ4n) is 6.76. The number of amides is 1. The molecule has 272 valence electrons. The Hall–Kier alpha value is -3.70. The Labute approximate surface area is 288 Å². The van der Waals surface area contributed by atoms with Gasteiger partial charge in [-0.05, 0) is 74.6 Å². The quantitative estimate of drug-likeness (QED) is 0.140. The number of hydrogen-bond donors (Lipinski definition) is 5. The number of benzene rings is 2. The second-order valence-corrected chi connectivity index (χ2v) is 13.1. The van der Waals surface area contributed by atoms with Gasteiger partial charge < -0.3 is 54.4 Å². The predicted molar refractivity (Wildman–Crippen MR) is 175 cm³/mol. The first kappa shape index (κ1) is 36.1. The van der Waals surface area contributed by atoms with Crippen LogP contribution < -0.4 is 15.0 Å². The van der Waals surface area contributed by atoms with Crippen molar-refractivity contribution in [3.05, 3.63) is 64.7 Å². The molecule has 3 aliphatic heterocycles. The zero-order valence-corrected chi connectivity index (χ0v) is 27.8. The van der Waals surface area contributed by atoms with Crippen molar-refractivity contribution in [1.29, 1.82) is 0 Å². The molecule has 0 unspecified atom stereocenters. The third-order valence-electron chi connectivity index (χ3n) is 9.50. The molecule has 4 aliphatic rings. The third kappa shape index (κ3) is 7.94. The van der Waals surface area contributed by atoms with E-state index in [0.29, 0.717) is 22.5 Å². The smallest absolute Gasteiger partial charge is 0.247 e. The molecule has 0 radical (unpaired) electrons. The fraction of sp³-hybridized carbons (Fsp3) is 0.543. The van der Waals surface area contributed by atoms with E-state index in [2.05, 4.69) is 10.5 Å². The van der Waals surface area contributed by atoms with Crippen molar-refractivity contribution in [2.24, 2.45) is 5.16 Å². The summed E-state index contributed by atoms with van der Waals surface area (Å²) in [6, 6.07) is 7.78. The van der Waals surface area contributed by atoms with Gasteiger partial charge in [0.1, 0.15) is 55.8 Å². The summed E-state index contributed by atoms with van der Waals surface area (Å²) in [6.45, 7) is 4.62. The lowest BCUT2D eigenvalue weighted by Gasteiger charge is -2.41. The lowest BCUT2D eigenvalue weighted by atomic mass is 9.83. The maximum absolute atomic E-state index is 15.1. The minimum absolute atomic E-state index is 0.0172. The van der Waals surface area contributed by atoms with E-state index < -0.39 is 66.8 Å². The maximum atomic E-state index is 15.1. The number of fused-ring (bicyclic) bond motifs is 1. The molecule has 0 spiro atoms. The van der Waals surface area contributed by atoms with Crippen LogP contribution in [0.1, 0.15) is 50.7 Å². The number of ether oxygens (including phenoxy) is 4. The predicted octanol–water partition coefficient (Wildman–Crippen LogP) is 2.13. The van der Waals surface area contributed by atoms with Gasteiger partial charge >= 0.3 is 0 Å². The van der Waals surface area contributed by atoms with E-state index in [9.17, 15) is 29.6 Å². The minimum atomic E-state index is -1.50. The monoisotopic (exact) mass is 703 g/mol. The van der Waals surface area contributed by atoms with Crippen LogP contribution in [0.4, 0.5) is 14.5 Å². The van der Waals surface area contributed by atoms with Gasteiger partial charge in [0.15, 0.2) is 11.6 Å². The molecular formula is C35H43F2N3O10. The van der Waals surface area contributed by atoms with Gasteiger partial charge in [-0.2, -0.15) is 0 Å². The highest BCUT2D eigenvalue weighted by molar-refractivity contribution is 5.97. The summed E-state index contributed by atoms with van der Waals surface area (Å²) in [5.41, 5.74) is 1.98. The molecule has 1 saturated carbocycles. The molecule has 3 heterocycles. The molecule has 0 aromatic heterocycles. The molecule has 3 saturated heterocycles. The van der Waals surface area contributed by atoms with Crippen LogP contribution in [0.3, 0.4) is 0 Å². The molecule has 1 amide bonds. The summed E-state index contributed by atoms with van der Waals surface area (Å²) in [7, 11) is 0. The molecule has 0 bridgehead atoms. The average molecular weight is 704 g/mol. The lowest BCUT2D eigenvalue weighted by molar-refractivity contribution is -0.155. The highest BCUT2D eigenvalue weighted by Gasteiger charge is 2.53. The maximum Gasteiger partial charge on any atom is 0.247 e. The summed E-state index contributed by atoms with van der Waals surface area (Å²) >= 11 is 0. The Bertz CT molecular complexity index is 1590.